The first-order valence-electron chi connectivity index (χ1n) is 3.62. The lowest BCUT2D eigenvalue weighted by Gasteiger charge is -2.00. The summed E-state index contributed by atoms with van der Waals surface area (Å²) < 4.78 is 0. The van der Waals surface area contributed by atoms with Gasteiger partial charge in [-0.3, -0.25) is 9.79 Å². The number of halogens is 1. The summed E-state index contributed by atoms with van der Waals surface area (Å²) in [5.41, 5.74) is 1.88. The number of aliphatic imine (C=N–C) groups is 1. The van der Waals surface area contributed by atoms with E-state index in [1.54, 1.807) is 24.3 Å². The maximum atomic E-state index is 10.8. The zero-order valence-electron chi connectivity index (χ0n) is 6.96. The van der Waals surface area contributed by atoms with E-state index in [9.17, 15) is 4.79 Å². The van der Waals surface area contributed by atoms with E-state index in [4.69, 9.17) is 11.6 Å². The number of hydrogen-bond acceptors (Lipinski definition) is 2. The summed E-state index contributed by atoms with van der Waals surface area (Å²) >= 11 is 5.31. The van der Waals surface area contributed by atoms with E-state index < -0.39 is 5.24 Å². The van der Waals surface area contributed by atoms with Crippen LogP contribution in [0.2, 0.25) is 0 Å². The zero-order valence-corrected chi connectivity index (χ0v) is 7.71. The number of rotatable bonds is 3. The number of benzene rings is 1. The molecule has 66 valence electrons. The topological polar surface area (TPSA) is 29.4 Å². The largest absolute Gasteiger partial charge is 0.276 e. The van der Waals surface area contributed by atoms with Crippen LogP contribution in [0.15, 0.2) is 29.8 Å². The first-order chi connectivity index (χ1) is 6.19. The summed E-state index contributed by atoms with van der Waals surface area (Å²) in [6.07, 6.45) is 1.60. The van der Waals surface area contributed by atoms with Gasteiger partial charge in [0, 0.05) is 11.1 Å². The molecule has 0 heterocycles. The summed E-state index contributed by atoms with van der Waals surface area (Å²) in [5, 5.41) is -0.487. The molecule has 1 aromatic carbocycles. The van der Waals surface area contributed by atoms with Crippen molar-refractivity contribution in [3.8, 4) is 0 Å². The minimum Gasteiger partial charge on any atom is -0.276 e. The SMILES string of the molecule is C=Cc1cc(C(=O)Cl)ccc1N=C. The summed E-state index contributed by atoms with van der Waals surface area (Å²) in [6, 6.07) is 4.92. The van der Waals surface area contributed by atoms with E-state index in [2.05, 4.69) is 18.3 Å². The Kier molecular flexibility index (Phi) is 2.98. The highest BCUT2D eigenvalue weighted by Gasteiger charge is 2.04. The molecule has 0 radical (unpaired) electrons. The molecule has 1 aromatic rings. The molecule has 0 bridgehead atoms. The Morgan fingerprint density at radius 1 is 1.54 bits per heavy atom. The molecule has 13 heavy (non-hydrogen) atoms. The van der Waals surface area contributed by atoms with Crippen molar-refractivity contribution in [2.75, 3.05) is 0 Å². The Bertz CT molecular complexity index is 371. The van der Waals surface area contributed by atoms with Crippen molar-refractivity contribution in [2.24, 2.45) is 4.99 Å². The average Bonchev–Trinajstić information content (AvgIpc) is 2.16. The number of carbonyl (C=O) groups excluding carboxylic acids is 1. The van der Waals surface area contributed by atoms with Crippen LogP contribution in [0.1, 0.15) is 15.9 Å². The van der Waals surface area contributed by atoms with Crippen molar-refractivity contribution in [1.29, 1.82) is 0 Å². The van der Waals surface area contributed by atoms with E-state index in [-0.39, 0.29) is 0 Å². The Labute approximate surface area is 81.6 Å². The van der Waals surface area contributed by atoms with Crippen molar-refractivity contribution in [2.45, 2.75) is 0 Å². The summed E-state index contributed by atoms with van der Waals surface area (Å²) in [4.78, 5) is 14.6. The van der Waals surface area contributed by atoms with Crippen LogP contribution in [-0.2, 0) is 0 Å². The van der Waals surface area contributed by atoms with Gasteiger partial charge in [0.25, 0.3) is 5.24 Å². The molecule has 0 aliphatic rings. The number of nitrogens with zero attached hydrogens (tertiary/aromatic N) is 1. The standard InChI is InChI=1S/C10H8ClNO/c1-3-7-6-8(10(11)13)4-5-9(7)12-2/h3-6H,1-2H2. The lowest BCUT2D eigenvalue weighted by atomic mass is 10.1. The van der Waals surface area contributed by atoms with Gasteiger partial charge in [-0.05, 0) is 36.5 Å². The van der Waals surface area contributed by atoms with Crippen molar-refractivity contribution in [1.82, 2.24) is 0 Å². The molecular formula is C10H8ClNO. The Hall–Kier alpha value is -1.41. The van der Waals surface area contributed by atoms with E-state index in [1.807, 2.05) is 0 Å². The maximum Gasteiger partial charge on any atom is 0.252 e. The highest BCUT2D eigenvalue weighted by atomic mass is 35.5. The fourth-order valence-corrected chi connectivity index (χ4v) is 1.10. The van der Waals surface area contributed by atoms with E-state index >= 15 is 0 Å². The van der Waals surface area contributed by atoms with Crippen LogP contribution in [-0.4, -0.2) is 12.0 Å². The third-order valence-corrected chi connectivity index (χ3v) is 1.86. The highest BCUT2D eigenvalue weighted by Crippen LogP contribution is 2.21. The van der Waals surface area contributed by atoms with Crippen LogP contribution in [0.4, 0.5) is 5.69 Å². The monoisotopic (exact) mass is 193 g/mol. The lowest BCUT2D eigenvalue weighted by Crippen LogP contribution is -1.88. The minimum absolute atomic E-state index is 0.434. The van der Waals surface area contributed by atoms with Crippen LogP contribution in [0.5, 0.6) is 0 Å². The summed E-state index contributed by atoms with van der Waals surface area (Å²) in [7, 11) is 0. The van der Waals surface area contributed by atoms with Gasteiger partial charge in [-0.25, -0.2) is 0 Å². The molecule has 0 unspecified atom stereocenters. The zero-order chi connectivity index (χ0) is 9.84. The van der Waals surface area contributed by atoms with Gasteiger partial charge in [-0.2, -0.15) is 0 Å². The molecule has 0 saturated carbocycles. The average molecular weight is 194 g/mol. The smallest absolute Gasteiger partial charge is 0.252 e. The third kappa shape index (κ3) is 2.04. The van der Waals surface area contributed by atoms with E-state index in [1.165, 1.54) is 0 Å². The van der Waals surface area contributed by atoms with Gasteiger partial charge in [0.1, 0.15) is 0 Å². The van der Waals surface area contributed by atoms with Gasteiger partial charge in [-0.1, -0.05) is 12.7 Å². The predicted molar refractivity (Wildman–Crippen MR) is 55.9 cm³/mol. The number of carbonyl (C=O) groups is 1. The van der Waals surface area contributed by atoms with Crippen molar-refractivity contribution < 1.29 is 4.79 Å². The molecule has 0 aliphatic carbocycles. The van der Waals surface area contributed by atoms with Gasteiger partial charge < -0.3 is 0 Å². The fourth-order valence-electron chi connectivity index (χ4n) is 0.984. The first kappa shape index (κ1) is 9.68. The first-order valence-corrected chi connectivity index (χ1v) is 4.00. The highest BCUT2D eigenvalue weighted by molar-refractivity contribution is 6.67. The minimum atomic E-state index is -0.487. The van der Waals surface area contributed by atoms with Gasteiger partial charge >= 0.3 is 0 Å². The molecule has 0 atom stereocenters. The van der Waals surface area contributed by atoms with Gasteiger partial charge in [0.05, 0.1) is 5.69 Å². The molecule has 0 aliphatic heterocycles. The van der Waals surface area contributed by atoms with Crippen LogP contribution < -0.4 is 0 Å². The van der Waals surface area contributed by atoms with Gasteiger partial charge in [0.15, 0.2) is 0 Å². The molecule has 0 saturated heterocycles. The molecular weight excluding hydrogens is 186 g/mol. The van der Waals surface area contributed by atoms with Gasteiger partial charge in [0.2, 0.25) is 0 Å². The van der Waals surface area contributed by atoms with Crippen molar-refractivity contribution >= 4 is 35.3 Å². The third-order valence-electron chi connectivity index (χ3n) is 1.64. The summed E-state index contributed by atoms with van der Waals surface area (Å²) in [6.45, 7) is 7.00. The molecule has 2 nitrogen and oxygen atoms in total. The van der Waals surface area contributed by atoms with Crippen molar-refractivity contribution in [3.05, 3.63) is 35.9 Å². The Morgan fingerprint density at radius 3 is 2.69 bits per heavy atom. The summed E-state index contributed by atoms with van der Waals surface area (Å²) in [5.74, 6) is 0. The maximum absolute atomic E-state index is 10.8. The van der Waals surface area contributed by atoms with Crippen LogP contribution >= 0.6 is 11.6 Å². The lowest BCUT2D eigenvalue weighted by molar-refractivity contribution is 0.108. The fraction of sp³-hybridized carbons (Fsp3) is 0. The molecule has 0 N–H and O–H groups in total. The van der Waals surface area contributed by atoms with Crippen LogP contribution in [0.3, 0.4) is 0 Å². The van der Waals surface area contributed by atoms with Gasteiger partial charge in [-0.15, -0.1) is 0 Å². The Morgan fingerprint density at radius 2 is 2.23 bits per heavy atom. The van der Waals surface area contributed by atoms with Crippen LogP contribution in [0, 0.1) is 0 Å². The second-order valence-corrected chi connectivity index (χ2v) is 2.75. The molecule has 1 rings (SSSR count). The predicted octanol–water partition coefficient (Wildman–Crippen LogP) is 3.04. The van der Waals surface area contributed by atoms with Crippen molar-refractivity contribution in [3.63, 3.8) is 0 Å². The van der Waals surface area contributed by atoms with E-state index in [0.29, 0.717) is 11.3 Å². The Balaban J connectivity index is 3.28. The number of hydrogen-bond donors (Lipinski definition) is 0. The second kappa shape index (κ2) is 4.01. The normalized spacial score (nSPS) is 9.31. The molecule has 0 aromatic heterocycles. The quantitative estimate of drug-likeness (QED) is 0.536. The second-order valence-electron chi connectivity index (χ2n) is 2.41. The van der Waals surface area contributed by atoms with Crippen LogP contribution in [0.25, 0.3) is 6.08 Å². The molecule has 3 heteroatoms. The van der Waals surface area contributed by atoms with E-state index in [0.717, 1.165) is 5.56 Å². The molecule has 0 fully saturated rings. The molecule has 0 amide bonds. The molecule has 0 spiro atoms.